The summed E-state index contributed by atoms with van der Waals surface area (Å²) in [4.78, 5) is 0. The molecule has 0 saturated heterocycles. The Balaban J connectivity index is 2.64. The van der Waals surface area contributed by atoms with Gasteiger partial charge in [0, 0.05) is 0 Å². The highest BCUT2D eigenvalue weighted by molar-refractivity contribution is 7.81. The summed E-state index contributed by atoms with van der Waals surface area (Å²) in [5, 5.41) is 3.00. The van der Waals surface area contributed by atoms with Gasteiger partial charge in [-0.2, -0.15) is 8.42 Å². The van der Waals surface area contributed by atoms with E-state index in [0.717, 1.165) is 18.5 Å². The standard InChI is InChI=1S/C9H13NO4S/c1-10-7-6-8-2-4-9(5-3-8)14-15(11,12)13/h2-5,10H,6-7H2,1H3,(H,11,12,13). The van der Waals surface area contributed by atoms with Gasteiger partial charge < -0.3 is 9.50 Å². The van der Waals surface area contributed by atoms with Crippen molar-refractivity contribution in [2.75, 3.05) is 13.6 Å². The second kappa shape index (κ2) is 5.11. The third-order valence-electron chi connectivity index (χ3n) is 1.79. The van der Waals surface area contributed by atoms with Gasteiger partial charge in [-0.1, -0.05) is 12.1 Å². The number of benzene rings is 1. The van der Waals surface area contributed by atoms with Gasteiger partial charge in [0.2, 0.25) is 0 Å². The molecule has 0 aromatic heterocycles. The van der Waals surface area contributed by atoms with Crippen molar-refractivity contribution < 1.29 is 17.2 Å². The maximum absolute atomic E-state index is 10.4. The Morgan fingerprint density at radius 1 is 1.33 bits per heavy atom. The lowest BCUT2D eigenvalue weighted by molar-refractivity contribution is 0.387. The molecule has 5 nitrogen and oxygen atoms in total. The van der Waals surface area contributed by atoms with Crippen molar-refractivity contribution in [2.24, 2.45) is 0 Å². The predicted molar refractivity (Wildman–Crippen MR) is 56.2 cm³/mol. The molecular formula is C9H13NO4S. The van der Waals surface area contributed by atoms with Crippen LogP contribution in [0.25, 0.3) is 0 Å². The molecule has 0 amide bonds. The van der Waals surface area contributed by atoms with Gasteiger partial charge in [-0.15, -0.1) is 0 Å². The minimum Gasteiger partial charge on any atom is -0.362 e. The van der Waals surface area contributed by atoms with Gasteiger partial charge in [-0.05, 0) is 37.7 Å². The first kappa shape index (κ1) is 12.0. The van der Waals surface area contributed by atoms with Crippen molar-refractivity contribution in [2.45, 2.75) is 6.42 Å². The van der Waals surface area contributed by atoms with Crippen molar-refractivity contribution in [1.82, 2.24) is 5.32 Å². The van der Waals surface area contributed by atoms with Crippen LogP contribution in [-0.2, 0) is 16.8 Å². The number of nitrogens with one attached hydrogen (secondary N) is 1. The summed E-state index contributed by atoms with van der Waals surface area (Å²) in [5.41, 5.74) is 1.06. The topological polar surface area (TPSA) is 75.6 Å². The van der Waals surface area contributed by atoms with Gasteiger partial charge in [0.05, 0.1) is 0 Å². The predicted octanol–water partition coefficient (Wildman–Crippen LogP) is 0.630. The highest BCUT2D eigenvalue weighted by Crippen LogP contribution is 2.13. The van der Waals surface area contributed by atoms with Gasteiger partial charge in [0.1, 0.15) is 5.75 Å². The van der Waals surface area contributed by atoms with Crippen LogP contribution in [0.1, 0.15) is 5.56 Å². The molecule has 1 rings (SSSR count). The van der Waals surface area contributed by atoms with Crippen molar-refractivity contribution in [3.8, 4) is 5.75 Å². The van der Waals surface area contributed by atoms with Crippen molar-refractivity contribution in [3.63, 3.8) is 0 Å². The normalized spacial score (nSPS) is 11.3. The molecular weight excluding hydrogens is 218 g/mol. The minimum atomic E-state index is -4.42. The van der Waals surface area contributed by atoms with Crippen LogP contribution >= 0.6 is 0 Å². The zero-order valence-electron chi connectivity index (χ0n) is 8.30. The summed E-state index contributed by atoms with van der Waals surface area (Å²) in [6, 6.07) is 6.49. The van der Waals surface area contributed by atoms with Gasteiger partial charge in [-0.25, -0.2) is 0 Å². The lowest BCUT2D eigenvalue weighted by Gasteiger charge is -2.03. The van der Waals surface area contributed by atoms with Crippen LogP contribution in [-0.4, -0.2) is 26.6 Å². The summed E-state index contributed by atoms with van der Waals surface area (Å²) in [6.07, 6.45) is 0.850. The monoisotopic (exact) mass is 231 g/mol. The van der Waals surface area contributed by atoms with Crippen LogP contribution in [0.4, 0.5) is 0 Å². The molecule has 0 spiro atoms. The number of hydrogen-bond donors (Lipinski definition) is 2. The molecule has 0 aliphatic heterocycles. The summed E-state index contributed by atoms with van der Waals surface area (Å²) in [5.74, 6) is 0.103. The first-order valence-corrected chi connectivity index (χ1v) is 5.78. The minimum absolute atomic E-state index is 0.103. The number of rotatable bonds is 5. The molecule has 0 fully saturated rings. The van der Waals surface area contributed by atoms with Crippen LogP contribution in [0, 0.1) is 0 Å². The summed E-state index contributed by atoms with van der Waals surface area (Å²) < 4.78 is 33.5. The highest BCUT2D eigenvalue weighted by atomic mass is 32.3. The van der Waals surface area contributed by atoms with Crippen LogP contribution in [0.3, 0.4) is 0 Å². The molecule has 0 radical (unpaired) electrons. The van der Waals surface area contributed by atoms with E-state index < -0.39 is 10.4 Å². The maximum Gasteiger partial charge on any atom is 0.446 e. The van der Waals surface area contributed by atoms with E-state index in [2.05, 4.69) is 9.50 Å². The third kappa shape index (κ3) is 4.78. The summed E-state index contributed by atoms with van der Waals surface area (Å²) >= 11 is 0. The first-order valence-electron chi connectivity index (χ1n) is 4.42. The Bertz CT molecular complexity index is 399. The van der Waals surface area contributed by atoms with Crippen molar-refractivity contribution >= 4 is 10.4 Å². The maximum atomic E-state index is 10.4. The van der Waals surface area contributed by atoms with E-state index in [-0.39, 0.29) is 5.75 Å². The molecule has 0 bridgehead atoms. The molecule has 0 aliphatic carbocycles. The van der Waals surface area contributed by atoms with E-state index in [1.165, 1.54) is 12.1 Å². The first-order chi connectivity index (χ1) is 7.01. The molecule has 84 valence electrons. The van der Waals surface area contributed by atoms with E-state index in [0.29, 0.717) is 0 Å². The lowest BCUT2D eigenvalue weighted by atomic mass is 10.1. The van der Waals surface area contributed by atoms with E-state index in [1.54, 1.807) is 12.1 Å². The number of likely N-dealkylation sites (N-methyl/N-ethyl adjacent to an activating group) is 1. The van der Waals surface area contributed by atoms with Crippen LogP contribution in [0.15, 0.2) is 24.3 Å². The van der Waals surface area contributed by atoms with Crippen LogP contribution in [0.5, 0.6) is 5.75 Å². The Morgan fingerprint density at radius 2 is 1.93 bits per heavy atom. The fourth-order valence-corrected chi connectivity index (χ4v) is 1.46. The largest absolute Gasteiger partial charge is 0.446 e. The second-order valence-electron chi connectivity index (χ2n) is 3.01. The fraction of sp³-hybridized carbons (Fsp3) is 0.333. The molecule has 0 heterocycles. The molecule has 0 atom stereocenters. The summed E-state index contributed by atoms with van der Waals surface area (Å²) in [7, 11) is -2.56. The molecule has 0 aliphatic rings. The van der Waals surface area contributed by atoms with Crippen molar-refractivity contribution in [1.29, 1.82) is 0 Å². The zero-order chi connectivity index (χ0) is 11.3. The molecule has 0 saturated carbocycles. The van der Waals surface area contributed by atoms with E-state index in [1.807, 2.05) is 7.05 Å². The van der Waals surface area contributed by atoms with Crippen LogP contribution in [0.2, 0.25) is 0 Å². The molecule has 6 heteroatoms. The Hall–Kier alpha value is -1.11. The Kier molecular flexibility index (Phi) is 4.07. The Labute approximate surface area is 89.0 Å². The van der Waals surface area contributed by atoms with Gasteiger partial charge in [-0.3, -0.25) is 4.55 Å². The van der Waals surface area contributed by atoms with Gasteiger partial charge in [0.25, 0.3) is 0 Å². The molecule has 15 heavy (non-hydrogen) atoms. The average molecular weight is 231 g/mol. The highest BCUT2D eigenvalue weighted by Gasteiger charge is 2.05. The number of hydrogen-bond acceptors (Lipinski definition) is 4. The second-order valence-corrected chi connectivity index (χ2v) is 4.03. The van der Waals surface area contributed by atoms with E-state index >= 15 is 0 Å². The van der Waals surface area contributed by atoms with Crippen molar-refractivity contribution in [3.05, 3.63) is 29.8 Å². The average Bonchev–Trinajstić information content (AvgIpc) is 2.14. The summed E-state index contributed by atoms with van der Waals surface area (Å²) in [6.45, 7) is 0.846. The fourth-order valence-electron chi connectivity index (χ4n) is 1.10. The molecule has 1 aromatic carbocycles. The van der Waals surface area contributed by atoms with E-state index in [4.69, 9.17) is 4.55 Å². The Morgan fingerprint density at radius 3 is 2.40 bits per heavy atom. The van der Waals surface area contributed by atoms with Gasteiger partial charge in [0.15, 0.2) is 0 Å². The third-order valence-corrected chi connectivity index (χ3v) is 2.19. The smallest absolute Gasteiger partial charge is 0.362 e. The lowest BCUT2D eigenvalue weighted by Crippen LogP contribution is -2.10. The zero-order valence-corrected chi connectivity index (χ0v) is 9.12. The van der Waals surface area contributed by atoms with Crippen LogP contribution < -0.4 is 9.50 Å². The molecule has 0 unspecified atom stereocenters. The molecule has 1 aromatic rings. The molecule has 2 N–H and O–H groups in total. The van der Waals surface area contributed by atoms with E-state index in [9.17, 15) is 8.42 Å². The SMILES string of the molecule is CNCCc1ccc(OS(=O)(=O)O)cc1. The quantitative estimate of drug-likeness (QED) is 0.727. The van der Waals surface area contributed by atoms with Gasteiger partial charge >= 0.3 is 10.4 Å².